The Morgan fingerprint density at radius 3 is 1.23 bits per heavy atom. The first-order valence-electron chi connectivity index (χ1n) is 18.1. The molecule has 0 bridgehead atoms. The third kappa shape index (κ3) is 6.92. The zero-order chi connectivity index (χ0) is 50.1. The minimum absolute atomic E-state index is 0.0343. The summed E-state index contributed by atoms with van der Waals surface area (Å²) in [5.74, 6) is -8.59. The predicted molar refractivity (Wildman–Crippen MR) is 190 cm³/mol. The molecular formula is C41H24F18N2O5. The van der Waals surface area contributed by atoms with Crippen LogP contribution in [-0.2, 0) is 16.2 Å². The van der Waals surface area contributed by atoms with Gasteiger partial charge in [0.15, 0.2) is 10.8 Å². The van der Waals surface area contributed by atoms with Crippen LogP contribution in [0.25, 0.3) is 0 Å². The molecule has 0 aromatic heterocycles. The Labute approximate surface area is 357 Å². The molecule has 7 nitrogen and oxygen atoms in total. The molecule has 354 valence electrons. The summed E-state index contributed by atoms with van der Waals surface area (Å²) in [6.07, 6.45) is -37.9. The van der Waals surface area contributed by atoms with E-state index in [2.05, 4.69) is 0 Å². The van der Waals surface area contributed by atoms with E-state index in [1.54, 1.807) is 0 Å². The molecule has 2 aliphatic heterocycles. The Hall–Kier alpha value is -6.30. The van der Waals surface area contributed by atoms with Crippen molar-refractivity contribution >= 4 is 29.3 Å². The van der Waals surface area contributed by atoms with Gasteiger partial charge in [-0.05, 0) is 97.6 Å². The molecule has 4 aromatic rings. The molecule has 0 saturated carbocycles. The van der Waals surface area contributed by atoms with Gasteiger partial charge < -0.3 is 4.74 Å². The zero-order valence-corrected chi connectivity index (χ0v) is 33.2. The SMILES string of the molecule is Cc1ccc(Oc2ccc(N3C(=O)c4ccc(C(c5ccc6c(c5)C(=O)N(C)C6=O)(C(F)(F)F)C(F)(F)F)cc4C3=O)c(C(C)(C(F)(F)F)C(F)(F)F)c2)cc1C(C)(C(F)(F)F)C(F)(F)F. The molecule has 6 rings (SSSR count). The fourth-order valence-corrected chi connectivity index (χ4v) is 7.72. The number of nitrogens with zero attached hydrogens (tertiary/aromatic N) is 2. The molecule has 2 aliphatic rings. The van der Waals surface area contributed by atoms with Crippen LogP contribution in [0.3, 0.4) is 0 Å². The minimum Gasteiger partial charge on any atom is -0.457 e. The van der Waals surface area contributed by atoms with Crippen molar-refractivity contribution in [1.29, 1.82) is 0 Å². The van der Waals surface area contributed by atoms with Crippen molar-refractivity contribution in [2.75, 3.05) is 11.9 Å². The first kappa shape index (κ1) is 49.1. The van der Waals surface area contributed by atoms with E-state index in [9.17, 15) is 71.9 Å². The van der Waals surface area contributed by atoms with Crippen LogP contribution in [0, 0.1) is 6.92 Å². The number of hydrogen-bond donors (Lipinski definition) is 0. The number of benzene rings is 4. The lowest BCUT2D eigenvalue weighted by molar-refractivity contribution is -0.298. The third-order valence-corrected chi connectivity index (χ3v) is 11.7. The maximum atomic E-state index is 15.1. The number of halogens is 18. The van der Waals surface area contributed by atoms with E-state index in [4.69, 9.17) is 4.74 Å². The van der Waals surface area contributed by atoms with Crippen molar-refractivity contribution in [2.45, 2.75) is 74.1 Å². The Balaban J connectivity index is 1.54. The summed E-state index contributed by atoms with van der Waals surface area (Å²) in [4.78, 5) is 52.6. The molecule has 0 radical (unpaired) electrons. The molecule has 0 N–H and O–H groups in total. The topological polar surface area (TPSA) is 84.0 Å². The highest BCUT2D eigenvalue weighted by molar-refractivity contribution is 6.34. The molecule has 0 unspecified atom stereocenters. The van der Waals surface area contributed by atoms with Crippen molar-refractivity contribution in [2.24, 2.45) is 0 Å². The van der Waals surface area contributed by atoms with E-state index in [1.165, 1.54) is 0 Å². The lowest BCUT2D eigenvalue weighted by Gasteiger charge is -2.38. The predicted octanol–water partition coefficient (Wildman–Crippen LogP) is 12.0. The Kier molecular flexibility index (Phi) is 11.1. The summed E-state index contributed by atoms with van der Waals surface area (Å²) in [5.41, 5.74) is -28.7. The van der Waals surface area contributed by atoms with Gasteiger partial charge in [-0.25, -0.2) is 4.90 Å². The number of alkyl halides is 18. The monoisotopic (exact) mass is 966 g/mol. The van der Waals surface area contributed by atoms with Gasteiger partial charge in [0.05, 0.1) is 27.9 Å². The molecule has 4 aromatic carbocycles. The van der Waals surface area contributed by atoms with Crippen molar-refractivity contribution in [3.05, 3.63) is 123 Å². The highest BCUT2D eigenvalue weighted by atomic mass is 19.4. The molecule has 0 saturated heterocycles. The average Bonchev–Trinajstić information content (AvgIpc) is 3.54. The van der Waals surface area contributed by atoms with Crippen molar-refractivity contribution < 1.29 is 103 Å². The van der Waals surface area contributed by atoms with Crippen molar-refractivity contribution in [3.8, 4) is 11.5 Å². The van der Waals surface area contributed by atoms with Gasteiger partial charge in [0.1, 0.15) is 11.5 Å². The number of fused-ring (bicyclic) bond motifs is 2. The molecule has 0 fully saturated rings. The summed E-state index contributed by atoms with van der Waals surface area (Å²) in [5, 5.41) is 0. The molecule has 0 atom stereocenters. The lowest BCUT2D eigenvalue weighted by atomic mass is 9.71. The Bertz CT molecular complexity index is 2670. The number of amides is 4. The summed E-state index contributed by atoms with van der Waals surface area (Å²) in [6.45, 7) is 0.0501. The third-order valence-electron chi connectivity index (χ3n) is 11.7. The summed E-state index contributed by atoms with van der Waals surface area (Å²) in [6, 6.07) is 2.81. The highest BCUT2D eigenvalue weighted by Crippen LogP contribution is 2.59. The summed E-state index contributed by atoms with van der Waals surface area (Å²) in [7, 11) is 0.870. The summed E-state index contributed by atoms with van der Waals surface area (Å²) >= 11 is 0. The quantitative estimate of drug-likeness (QED) is 0.136. The summed E-state index contributed by atoms with van der Waals surface area (Å²) < 4.78 is 268. The zero-order valence-electron chi connectivity index (χ0n) is 33.2. The Morgan fingerprint density at radius 2 is 0.788 bits per heavy atom. The van der Waals surface area contributed by atoms with E-state index in [0.29, 0.717) is 29.2 Å². The van der Waals surface area contributed by atoms with Crippen LogP contribution in [0.2, 0.25) is 0 Å². The van der Waals surface area contributed by atoms with Gasteiger partial charge in [0.2, 0.25) is 5.41 Å². The number of aryl methyl sites for hydroxylation is 1. The van der Waals surface area contributed by atoms with Crippen LogP contribution in [0.1, 0.15) is 83.1 Å². The number of carbonyl (C=O) groups is 4. The standard InChI is InChI=1S/C41H24F18N2O5/c1-17-5-8-20(15-26(17)33(2,36(42,43)44)37(45,46)47)66-21-9-12-28(27(16-21)34(3,38(48,49)50)39(51,52)53)61-31(64)23-11-7-19(14-25(23)32(61)65)35(40(54,55)56,41(57,58)59)18-6-10-22-24(13-18)30(63)60(4)29(22)62/h5-16H,1-4H3. The fraction of sp³-hybridized carbons (Fsp3) is 0.317. The molecular weight excluding hydrogens is 942 g/mol. The van der Waals surface area contributed by atoms with Crippen LogP contribution in [0.15, 0.2) is 72.8 Å². The van der Waals surface area contributed by atoms with Gasteiger partial charge in [-0.3, -0.25) is 24.1 Å². The van der Waals surface area contributed by atoms with E-state index in [-0.39, 0.29) is 55.5 Å². The van der Waals surface area contributed by atoms with Gasteiger partial charge in [-0.2, -0.15) is 79.0 Å². The number of imide groups is 2. The van der Waals surface area contributed by atoms with E-state index in [1.807, 2.05) is 0 Å². The second-order valence-electron chi connectivity index (χ2n) is 15.4. The first-order chi connectivity index (χ1) is 29.8. The average molecular weight is 967 g/mol. The number of hydrogen-bond acceptors (Lipinski definition) is 5. The fourth-order valence-electron chi connectivity index (χ4n) is 7.72. The molecule has 2 heterocycles. The van der Waals surface area contributed by atoms with Crippen LogP contribution in [0.4, 0.5) is 84.7 Å². The number of ether oxygens (including phenoxy) is 1. The van der Waals surface area contributed by atoms with E-state index < -0.39 is 156 Å². The minimum atomic E-state index is -6.46. The van der Waals surface area contributed by atoms with Gasteiger partial charge >= 0.3 is 37.1 Å². The smallest absolute Gasteiger partial charge is 0.411 e. The normalized spacial score (nSPS) is 15.8. The second kappa shape index (κ2) is 14.9. The lowest BCUT2D eigenvalue weighted by Crippen LogP contribution is -2.55. The van der Waals surface area contributed by atoms with Gasteiger partial charge in [-0.1, -0.05) is 18.2 Å². The van der Waals surface area contributed by atoms with Crippen molar-refractivity contribution in [3.63, 3.8) is 0 Å². The van der Waals surface area contributed by atoms with Gasteiger partial charge in [0.25, 0.3) is 23.6 Å². The van der Waals surface area contributed by atoms with Crippen LogP contribution in [-0.4, -0.2) is 72.6 Å². The number of anilines is 1. The van der Waals surface area contributed by atoms with Crippen LogP contribution in [0.5, 0.6) is 11.5 Å². The van der Waals surface area contributed by atoms with Crippen LogP contribution >= 0.6 is 0 Å². The van der Waals surface area contributed by atoms with Crippen molar-refractivity contribution in [1.82, 2.24) is 4.90 Å². The van der Waals surface area contributed by atoms with E-state index >= 15 is 26.3 Å². The molecule has 25 heteroatoms. The first-order valence-corrected chi connectivity index (χ1v) is 18.1. The Morgan fingerprint density at radius 1 is 0.424 bits per heavy atom. The maximum Gasteiger partial charge on any atom is 0.411 e. The van der Waals surface area contributed by atoms with Crippen LogP contribution < -0.4 is 9.64 Å². The molecule has 0 spiro atoms. The highest BCUT2D eigenvalue weighted by Gasteiger charge is 2.74. The second-order valence-corrected chi connectivity index (χ2v) is 15.4. The van der Waals surface area contributed by atoms with E-state index in [0.717, 1.165) is 14.0 Å². The number of carbonyl (C=O) groups excluding carboxylic acids is 4. The van der Waals surface area contributed by atoms with Gasteiger partial charge in [0, 0.05) is 12.6 Å². The molecule has 4 amide bonds. The number of rotatable bonds is 7. The largest absolute Gasteiger partial charge is 0.457 e. The molecule has 66 heavy (non-hydrogen) atoms. The maximum absolute atomic E-state index is 15.1. The molecule has 0 aliphatic carbocycles. The van der Waals surface area contributed by atoms with Gasteiger partial charge in [-0.15, -0.1) is 0 Å².